The second-order valence-corrected chi connectivity index (χ2v) is 10.4. The summed E-state index contributed by atoms with van der Waals surface area (Å²) in [4.78, 5) is 2.27. The van der Waals surface area contributed by atoms with Crippen LogP contribution < -0.4 is 10.6 Å². The third-order valence-electron chi connectivity index (χ3n) is 7.04. The van der Waals surface area contributed by atoms with Crippen molar-refractivity contribution in [3.8, 4) is 0 Å². The number of aliphatic hydroxyl groups excluding tert-OH is 1. The Balaban J connectivity index is 1.48. The van der Waals surface area contributed by atoms with Gasteiger partial charge in [-0.15, -0.1) is 11.8 Å². The summed E-state index contributed by atoms with van der Waals surface area (Å²) in [5, 5.41) is 16.8. The molecule has 3 N–H and O–H groups in total. The van der Waals surface area contributed by atoms with E-state index in [9.17, 15) is 18.3 Å². The second kappa shape index (κ2) is 8.48. The summed E-state index contributed by atoms with van der Waals surface area (Å²) in [6, 6.07) is 0.593. The van der Waals surface area contributed by atoms with Crippen LogP contribution in [0.5, 0.6) is 0 Å². The molecule has 0 aromatic heterocycles. The van der Waals surface area contributed by atoms with Crippen molar-refractivity contribution < 1.29 is 23.0 Å². The largest absolute Gasteiger partial charge is 0.476 e. The summed E-state index contributed by atoms with van der Waals surface area (Å²) in [5.41, 5.74) is 1.10. The van der Waals surface area contributed by atoms with E-state index in [0.717, 1.165) is 50.0 Å². The molecule has 0 amide bonds. The molecule has 5 unspecified atom stereocenters. The monoisotopic (exact) mass is 435 g/mol. The molecule has 2 aliphatic carbocycles. The molecule has 4 rings (SSSR count). The van der Waals surface area contributed by atoms with Gasteiger partial charge in [0.25, 0.3) is 0 Å². The Bertz CT molecular complexity index is 623. The van der Waals surface area contributed by atoms with Gasteiger partial charge in [0.1, 0.15) is 12.2 Å². The first kappa shape index (κ1) is 21.6. The van der Waals surface area contributed by atoms with Gasteiger partial charge in [-0.2, -0.15) is 13.2 Å². The van der Waals surface area contributed by atoms with E-state index in [0.29, 0.717) is 18.0 Å². The molecule has 4 aliphatic rings. The number of alkyl halides is 3. The van der Waals surface area contributed by atoms with E-state index in [1.165, 1.54) is 0 Å². The molecule has 2 heterocycles. The zero-order valence-corrected chi connectivity index (χ0v) is 17.9. The molecule has 2 saturated carbocycles. The van der Waals surface area contributed by atoms with Crippen molar-refractivity contribution in [2.24, 2.45) is 11.8 Å². The second-order valence-electron chi connectivity index (χ2n) is 9.07. The van der Waals surface area contributed by atoms with E-state index < -0.39 is 12.3 Å². The molecule has 5 atom stereocenters. The number of halogens is 3. The maximum Gasteiger partial charge on any atom is 0.414 e. The zero-order valence-electron chi connectivity index (χ0n) is 17.0. The molecule has 29 heavy (non-hydrogen) atoms. The first-order chi connectivity index (χ1) is 13.7. The number of nitrogens with zero attached hydrogens (tertiary/aromatic N) is 1. The smallest absolute Gasteiger partial charge is 0.414 e. The van der Waals surface area contributed by atoms with Crippen molar-refractivity contribution in [2.75, 3.05) is 20.8 Å². The van der Waals surface area contributed by atoms with Crippen LogP contribution in [-0.4, -0.2) is 65.8 Å². The molecule has 166 valence electrons. The van der Waals surface area contributed by atoms with Gasteiger partial charge in [0.2, 0.25) is 0 Å². The highest BCUT2D eigenvalue weighted by Gasteiger charge is 2.52. The van der Waals surface area contributed by atoms with Crippen molar-refractivity contribution in [1.82, 2.24) is 15.5 Å². The lowest BCUT2D eigenvalue weighted by Gasteiger charge is -2.36. The predicted octanol–water partition coefficient (Wildman–Crippen LogP) is 3.02. The Hall–Kier alpha value is -0.640. The van der Waals surface area contributed by atoms with Crippen molar-refractivity contribution >= 4 is 11.8 Å². The zero-order chi connectivity index (χ0) is 20.8. The van der Waals surface area contributed by atoms with E-state index in [1.807, 2.05) is 11.8 Å². The molecule has 0 bridgehead atoms. The summed E-state index contributed by atoms with van der Waals surface area (Å²) in [5.74, 6) is 0.666. The van der Waals surface area contributed by atoms with Crippen molar-refractivity contribution in [3.63, 3.8) is 0 Å². The quantitative estimate of drug-likeness (QED) is 0.617. The number of hydrogen-bond acceptors (Lipinski definition) is 6. The van der Waals surface area contributed by atoms with Crippen LogP contribution in [0.1, 0.15) is 44.9 Å². The minimum Gasteiger partial charge on any atom is -0.476 e. The third-order valence-corrected chi connectivity index (χ3v) is 8.62. The molecule has 0 spiro atoms. The highest BCUT2D eigenvalue weighted by atomic mass is 32.2. The van der Waals surface area contributed by atoms with Gasteiger partial charge in [0, 0.05) is 22.8 Å². The predicted molar refractivity (Wildman–Crippen MR) is 107 cm³/mol. The van der Waals surface area contributed by atoms with Crippen LogP contribution in [0.15, 0.2) is 11.5 Å². The van der Waals surface area contributed by atoms with E-state index in [-0.39, 0.29) is 29.7 Å². The number of nitrogens with one attached hydrogen (secondary N) is 2. The van der Waals surface area contributed by atoms with Gasteiger partial charge in [-0.05, 0) is 65.0 Å². The summed E-state index contributed by atoms with van der Waals surface area (Å²) in [6.45, 7) is 0.610. The lowest BCUT2D eigenvalue weighted by atomic mass is 9.84. The molecular formula is C20H32F3N3O2S. The first-order valence-electron chi connectivity index (χ1n) is 10.7. The number of hydrogen-bond donors (Lipinski definition) is 3. The Morgan fingerprint density at radius 3 is 2.55 bits per heavy atom. The molecule has 3 fully saturated rings. The first-order valence-corrected chi connectivity index (χ1v) is 11.6. The normalized spacial score (nSPS) is 38.6. The van der Waals surface area contributed by atoms with Crippen molar-refractivity contribution in [1.29, 1.82) is 0 Å². The lowest BCUT2D eigenvalue weighted by Crippen LogP contribution is -2.45. The fraction of sp³-hybridized carbons (Fsp3) is 0.900. The summed E-state index contributed by atoms with van der Waals surface area (Å²) in [6.07, 6.45) is -1.04. The van der Waals surface area contributed by atoms with Crippen molar-refractivity contribution in [3.05, 3.63) is 11.5 Å². The minimum absolute atomic E-state index is 0.0374. The van der Waals surface area contributed by atoms with Gasteiger partial charge in [-0.3, -0.25) is 5.32 Å². The molecule has 0 aromatic carbocycles. The van der Waals surface area contributed by atoms with E-state index in [1.54, 1.807) is 0 Å². The van der Waals surface area contributed by atoms with Crippen LogP contribution in [-0.2, 0) is 4.74 Å². The standard InChI is InChI=1S/C20H32F3N3O2S/c1-26(2)12-4-6-13(7-5-12)28-18-17-16-11(9-15(27)20(21,22)23)3-8-14(16)29-19(17)25-10-24-18/h11-16,19,24-25,27H,3-10H2,1-2H3. The molecule has 5 nitrogen and oxygen atoms in total. The van der Waals surface area contributed by atoms with Gasteiger partial charge in [-0.1, -0.05) is 0 Å². The van der Waals surface area contributed by atoms with E-state index >= 15 is 0 Å². The average Bonchev–Trinajstić information content (AvgIpc) is 3.21. The van der Waals surface area contributed by atoms with Crippen LogP contribution in [0.25, 0.3) is 0 Å². The molecule has 9 heteroatoms. The van der Waals surface area contributed by atoms with Crippen LogP contribution in [0.3, 0.4) is 0 Å². The number of aliphatic hydroxyl groups is 1. The molecule has 0 aromatic rings. The average molecular weight is 436 g/mol. The van der Waals surface area contributed by atoms with E-state index in [4.69, 9.17) is 4.74 Å². The fourth-order valence-electron chi connectivity index (χ4n) is 5.47. The molecule has 1 saturated heterocycles. The summed E-state index contributed by atoms with van der Waals surface area (Å²) in [7, 11) is 4.22. The molecule has 2 aliphatic heterocycles. The van der Waals surface area contributed by atoms with Crippen molar-refractivity contribution in [2.45, 2.75) is 80.0 Å². The Morgan fingerprint density at radius 1 is 1.17 bits per heavy atom. The van der Waals surface area contributed by atoms with Gasteiger partial charge in [0.15, 0.2) is 5.88 Å². The summed E-state index contributed by atoms with van der Waals surface area (Å²) >= 11 is 1.82. The van der Waals surface area contributed by atoms with Gasteiger partial charge in [-0.25, -0.2) is 0 Å². The Labute approximate surface area is 174 Å². The fourth-order valence-corrected chi connectivity index (χ4v) is 7.22. The highest BCUT2D eigenvalue weighted by molar-refractivity contribution is 8.01. The van der Waals surface area contributed by atoms with Gasteiger partial charge < -0.3 is 20.1 Å². The lowest BCUT2D eigenvalue weighted by molar-refractivity contribution is -0.208. The van der Waals surface area contributed by atoms with Crippen LogP contribution in [0.2, 0.25) is 0 Å². The number of fused-ring (bicyclic) bond motifs is 3. The van der Waals surface area contributed by atoms with E-state index in [2.05, 4.69) is 29.6 Å². The summed E-state index contributed by atoms with van der Waals surface area (Å²) < 4.78 is 45.2. The Morgan fingerprint density at radius 2 is 1.90 bits per heavy atom. The SMILES string of the molecule is CN(C)C1CCC(OC2=C3C(NCN2)SC2CCC(CC(O)C(F)(F)F)C32)CC1. The molecular weight excluding hydrogens is 403 g/mol. The van der Waals surface area contributed by atoms with Gasteiger partial charge >= 0.3 is 6.18 Å². The van der Waals surface area contributed by atoms with Gasteiger partial charge in [0.05, 0.1) is 12.0 Å². The topological polar surface area (TPSA) is 56.8 Å². The minimum atomic E-state index is -4.55. The number of thioether (sulfide) groups is 1. The Kier molecular flexibility index (Phi) is 6.31. The number of rotatable bonds is 5. The van der Waals surface area contributed by atoms with Crippen LogP contribution >= 0.6 is 11.8 Å². The third kappa shape index (κ3) is 4.52. The number of ether oxygens (including phenoxy) is 1. The van der Waals surface area contributed by atoms with Crippen LogP contribution in [0, 0.1) is 11.8 Å². The highest BCUT2D eigenvalue weighted by Crippen LogP contribution is 2.55. The maximum absolute atomic E-state index is 12.9. The van der Waals surface area contributed by atoms with Crippen LogP contribution in [0.4, 0.5) is 13.2 Å². The molecule has 0 radical (unpaired) electrons. The maximum atomic E-state index is 12.9.